The van der Waals surface area contributed by atoms with Gasteiger partial charge in [-0.2, -0.15) is 0 Å². The van der Waals surface area contributed by atoms with Crippen molar-refractivity contribution in [2.75, 3.05) is 5.73 Å². The largest absolute Gasteiger partial charge is 0.474 e. The third-order valence-corrected chi connectivity index (χ3v) is 4.71. The molecule has 0 atom stereocenters. The van der Waals surface area contributed by atoms with E-state index in [1.807, 2.05) is 18.3 Å². The minimum absolute atomic E-state index is 0.352. The van der Waals surface area contributed by atoms with Gasteiger partial charge in [-0.3, -0.25) is 0 Å². The van der Waals surface area contributed by atoms with E-state index in [4.69, 9.17) is 10.5 Å². The minimum atomic E-state index is 0.352. The van der Waals surface area contributed by atoms with Crippen molar-refractivity contribution in [1.29, 1.82) is 0 Å². The van der Waals surface area contributed by atoms with Gasteiger partial charge in [-0.25, -0.2) is 4.98 Å². The average molecular weight is 280 g/mol. The number of fused-ring (bicyclic) bond motifs is 1. The smallest absolute Gasteiger partial charge is 0.214 e. The highest BCUT2D eigenvalue weighted by molar-refractivity contribution is 5.80. The van der Waals surface area contributed by atoms with Crippen LogP contribution in [0.3, 0.4) is 0 Å². The van der Waals surface area contributed by atoms with Crippen molar-refractivity contribution in [3.8, 4) is 17.0 Å². The Morgan fingerprint density at radius 1 is 1.10 bits per heavy atom. The number of nitrogens with two attached hydrogens (primary N) is 1. The van der Waals surface area contributed by atoms with E-state index >= 15 is 0 Å². The zero-order valence-electron chi connectivity index (χ0n) is 12.1. The molecule has 2 aromatic rings. The second kappa shape index (κ2) is 5.06. The van der Waals surface area contributed by atoms with Gasteiger partial charge in [-0.1, -0.05) is 12.1 Å². The Morgan fingerprint density at radius 3 is 2.81 bits per heavy atom. The summed E-state index contributed by atoms with van der Waals surface area (Å²) >= 11 is 0. The first-order valence-corrected chi connectivity index (χ1v) is 7.84. The highest BCUT2D eigenvalue weighted by atomic mass is 16.5. The first-order chi connectivity index (χ1) is 10.3. The zero-order chi connectivity index (χ0) is 14.2. The highest BCUT2D eigenvalue weighted by Crippen LogP contribution is 2.36. The van der Waals surface area contributed by atoms with Crippen molar-refractivity contribution in [2.45, 2.75) is 44.6 Å². The van der Waals surface area contributed by atoms with Gasteiger partial charge in [-0.15, -0.1) is 0 Å². The van der Waals surface area contributed by atoms with E-state index in [-0.39, 0.29) is 0 Å². The van der Waals surface area contributed by atoms with Crippen molar-refractivity contribution in [2.24, 2.45) is 0 Å². The molecule has 0 radical (unpaired) electrons. The molecule has 2 N–H and O–H groups in total. The van der Waals surface area contributed by atoms with Crippen LogP contribution >= 0.6 is 0 Å². The van der Waals surface area contributed by atoms with Crippen LogP contribution in [-0.2, 0) is 12.8 Å². The van der Waals surface area contributed by atoms with Crippen molar-refractivity contribution < 1.29 is 4.74 Å². The standard InChI is InChI=1S/C18H20N2O/c19-18-15-6-1-3-12(15)7-8-16(18)13-9-10-20-17(11-13)21-14-4-2-5-14/h7-11,14H,1-6,19H2. The molecule has 0 bridgehead atoms. The van der Waals surface area contributed by atoms with E-state index in [0.29, 0.717) is 6.10 Å². The Kier molecular flexibility index (Phi) is 3.06. The molecule has 0 aliphatic heterocycles. The Labute approximate surface area is 125 Å². The van der Waals surface area contributed by atoms with Crippen molar-refractivity contribution in [1.82, 2.24) is 4.98 Å². The normalized spacial score (nSPS) is 17.3. The average Bonchev–Trinajstić information content (AvgIpc) is 2.93. The lowest BCUT2D eigenvalue weighted by Gasteiger charge is -2.25. The third kappa shape index (κ3) is 2.27. The van der Waals surface area contributed by atoms with Crippen LogP contribution in [0.5, 0.6) is 5.88 Å². The lowest BCUT2D eigenvalue weighted by atomic mass is 9.96. The molecule has 1 aromatic carbocycles. The Bertz CT molecular complexity index is 677. The van der Waals surface area contributed by atoms with Gasteiger partial charge < -0.3 is 10.5 Å². The zero-order valence-corrected chi connectivity index (χ0v) is 12.1. The van der Waals surface area contributed by atoms with E-state index in [0.717, 1.165) is 48.4 Å². The fourth-order valence-corrected chi connectivity index (χ4v) is 3.25. The molecule has 1 aromatic heterocycles. The number of benzene rings is 1. The number of aryl methyl sites for hydroxylation is 1. The van der Waals surface area contributed by atoms with Gasteiger partial charge in [0.25, 0.3) is 0 Å². The monoisotopic (exact) mass is 280 g/mol. The fourth-order valence-electron chi connectivity index (χ4n) is 3.25. The van der Waals surface area contributed by atoms with Gasteiger partial charge in [0.1, 0.15) is 6.10 Å². The summed E-state index contributed by atoms with van der Waals surface area (Å²) in [6.45, 7) is 0. The summed E-state index contributed by atoms with van der Waals surface area (Å²) in [6.07, 6.45) is 9.20. The molecule has 3 heteroatoms. The van der Waals surface area contributed by atoms with Gasteiger partial charge in [0, 0.05) is 23.5 Å². The number of aromatic nitrogens is 1. The summed E-state index contributed by atoms with van der Waals surface area (Å²) in [6, 6.07) is 8.40. The Balaban J connectivity index is 1.68. The summed E-state index contributed by atoms with van der Waals surface area (Å²) in [7, 11) is 0. The molecule has 0 spiro atoms. The maximum Gasteiger partial charge on any atom is 0.214 e. The summed E-state index contributed by atoms with van der Waals surface area (Å²) in [4.78, 5) is 4.33. The number of nitrogen functional groups attached to an aromatic ring is 1. The fraction of sp³-hybridized carbons (Fsp3) is 0.389. The predicted octanol–water partition coefficient (Wildman–Crippen LogP) is 3.75. The lowest BCUT2D eigenvalue weighted by Crippen LogP contribution is -2.24. The van der Waals surface area contributed by atoms with Crippen LogP contribution in [0.2, 0.25) is 0 Å². The molecule has 2 aliphatic carbocycles. The molecule has 0 unspecified atom stereocenters. The molecule has 4 rings (SSSR count). The Morgan fingerprint density at radius 2 is 2.00 bits per heavy atom. The SMILES string of the molecule is Nc1c(-c2ccnc(OC3CCC3)c2)ccc2c1CCC2. The second-order valence-electron chi connectivity index (χ2n) is 6.07. The van der Waals surface area contributed by atoms with Crippen molar-refractivity contribution in [3.63, 3.8) is 0 Å². The quantitative estimate of drug-likeness (QED) is 0.871. The van der Waals surface area contributed by atoms with E-state index in [1.165, 1.54) is 24.0 Å². The number of rotatable bonds is 3. The molecule has 0 saturated heterocycles. The van der Waals surface area contributed by atoms with Gasteiger partial charge >= 0.3 is 0 Å². The Hall–Kier alpha value is -2.03. The van der Waals surface area contributed by atoms with Crippen LogP contribution in [0.4, 0.5) is 5.69 Å². The molecular formula is C18H20N2O. The molecule has 3 nitrogen and oxygen atoms in total. The predicted molar refractivity (Wildman–Crippen MR) is 84.4 cm³/mol. The maximum absolute atomic E-state index is 6.39. The number of pyridine rings is 1. The van der Waals surface area contributed by atoms with E-state index in [9.17, 15) is 0 Å². The van der Waals surface area contributed by atoms with E-state index in [2.05, 4.69) is 17.1 Å². The number of ether oxygens (including phenoxy) is 1. The molecule has 2 aliphatic rings. The molecule has 1 fully saturated rings. The molecule has 1 heterocycles. The molecule has 1 saturated carbocycles. The number of anilines is 1. The molecule has 0 amide bonds. The van der Waals surface area contributed by atoms with Gasteiger partial charge in [0.15, 0.2) is 0 Å². The van der Waals surface area contributed by atoms with Crippen LogP contribution in [-0.4, -0.2) is 11.1 Å². The van der Waals surface area contributed by atoms with Crippen LogP contribution in [0.25, 0.3) is 11.1 Å². The van der Waals surface area contributed by atoms with Crippen molar-refractivity contribution in [3.05, 3.63) is 41.6 Å². The third-order valence-electron chi connectivity index (χ3n) is 4.71. The maximum atomic E-state index is 6.39. The highest BCUT2D eigenvalue weighted by Gasteiger charge is 2.20. The van der Waals surface area contributed by atoms with E-state index < -0.39 is 0 Å². The van der Waals surface area contributed by atoms with Crippen LogP contribution < -0.4 is 10.5 Å². The first kappa shape index (κ1) is 12.7. The van der Waals surface area contributed by atoms with Crippen molar-refractivity contribution >= 4 is 5.69 Å². The topological polar surface area (TPSA) is 48.1 Å². The summed E-state index contributed by atoms with van der Waals surface area (Å²) in [5, 5.41) is 0. The molecule has 21 heavy (non-hydrogen) atoms. The van der Waals surface area contributed by atoms with Crippen LogP contribution in [0.1, 0.15) is 36.8 Å². The second-order valence-corrected chi connectivity index (χ2v) is 6.07. The van der Waals surface area contributed by atoms with Crippen LogP contribution in [0, 0.1) is 0 Å². The number of nitrogens with zero attached hydrogens (tertiary/aromatic N) is 1. The summed E-state index contributed by atoms with van der Waals surface area (Å²) < 4.78 is 5.89. The van der Waals surface area contributed by atoms with Gasteiger partial charge in [0.05, 0.1) is 0 Å². The first-order valence-electron chi connectivity index (χ1n) is 7.84. The van der Waals surface area contributed by atoms with Gasteiger partial charge in [0.2, 0.25) is 5.88 Å². The summed E-state index contributed by atoms with van der Waals surface area (Å²) in [5.74, 6) is 0.720. The molecule has 108 valence electrons. The number of hydrogen-bond acceptors (Lipinski definition) is 3. The van der Waals surface area contributed by atoms with Gasteiger partial charge in [-0.05, 0) is 61.3 Å². The molecular weight excluding hydrogens is 260 g/mol. The van der Waals surface area contributed by atoms with E-state index in [1.54, 1.807) is 0 Å². The summed E-state index contributed by atoms with van der Waals surface area (Å²) in [5.41, 5.74) is 12.3. The number of hydrogen-bond donors (Lipinski definition) is 1. The minimum Gasteiger partial charge on any atom is -0.474 e. The van der Waals surface area contributed by atoms with Crippen LogP contribution in [0.15, 0.2) is 30.5 Å². The lowest BCUT2D eigenvalue weighted by molar-refractivity contribution is 0.115.